The zero-order valence-corrected chi connectivity index (χ0v) is 69.0. The molecule has 120 heavy (non-hydrogen) atoms. The van der Waals surface area contributed by atoms with E-state index in [9.17, 15) is 24.0 Å². The fourth-order valence-electron chi connectivity index (χ4n) is 13.7. The predicted octanol–water partition coefficient (Wildman–Crippen LogP) is 6.99. The van der Waals surface area contributed by atoms with E-state index in [1.165, 1.54) is 60.8 Å². The number of hydrogen-bond donors (Lipinski definition) is 4. The molecule has 8 aromatic rings. The van der Waals surface area contributed by atoms with Crippen molar-refractivity contribution in [2.75, 3.05) is 111 Å². The van der Waals surface area contributed by atoms with Crippen LogP contribution in [0.5, 0.6) is 0 Å². The molecule has 0 bridgehead atoms. The van der Waals surface area contributed by atoms with Gasteiger partial charge in [-0.05, 0) is 110 Å². The number of carbonyl (C=O) groups is 12. The number of rotatable bonds is 50. The molecule has 8 rings (SSSR count). The Morgan fingerprint density at radius 2 is 0.433 bits per heavy atom. The van der Waals surface area contributed by atoms with Gasteiger partial charge in [0, 0.05) is 72.4 Å². The van der Waals surface area contributed by atoms with Gasteiger partial charge in [-0.25, -0.2) is 0 Å². The Balaban J connectivity index is 1.06. The van der Waals surface area contributed by atoms with E-state index in [0.29, 0.717) is 66.3 Å². The minimum atomic E-state index is -0.757. The number of nitrogens with two attached hydrogens (primary N) is 4. The zero-order chi connectivity index (χ0) is 86.0. The van der Waals surface area contributed by atoms with Crippen LogP contribution in [0.15, 0.2) is 243 Å². The Hall–Kier alpha value is -12.7. The average Bonchev–Trinajstić information content (AvgIpc) is 0.830. The summed E-state index contributed by atoms with van der Waals surface area (Å²) in [5.74, 6) is -7.22. The van der Waals surface area contributed by atoms with E-state index in [1.54, 1.807) is 159 Å². The topological polar surface area (TPSA) is 345 Å². The Morgan fingerprint density at radius 1 is 0.242 bits per heavy atom. The second-order valence-corrected chi connectivity index (χ2v) is 29.8. The number of hydrogen-bond acceptors (Lipinski definition) is 15. The Morgan fingerprint density at radius 3 is 0.667 bits per heavy atom. The zero-order valence-electron chi connectivity index (χ0n) is 69.0. The second kappa shape index (κ2) is 50.1. The van der Waals surface area contributed by atoms with Crippen molar-refractivity contribution < 1.29 is 57.5 Å². The van der Waals surface area contributed by atoms with E-state index < -0.39 is 136 Å². The highest BCUT2D eigenvalue weighted by atomic mass is 16.2. The molecule has 0 aromatic heterocycles. The van der Waals surface area contributed by atoms with Gasteiger partial charge in [0.15, 0.2) is 0 Å². The maximum absolute atomic E-state index is 15.5. The smallest absolute Gasteiger partial charge is 0.243 e. The number of primary amides is 1. The first-order valence-electron chi connectivity index (χ1n) is 40.8. The minimum absolute atomic E-state index is 0.00563. The maximum atomic E-state index is 15.5. The summed E-state index contributed by atoms with van der Waals surface area (Å²) in [5.41, 5.74) is 29.2. The molecule has 0 spiro atoms. The third-order valence-corrected chi connectivity index (χ3v) is 20.4. The Kier molecular flexibility index (Phi) is 38.8. The predicted molar refractivity (Wildman–Crippen MR) is 459 cm³/mol. The molecule has 27 nitrogen and oxygen atoms in total. The molecule has 12 amide bonds. The van der Waals surface area contributed by atoms with Crippen LogP contribution in [0.25, 0.3) is 0 Å². The molecule has 0 saturated carbocycles. The van der Waals surface area contributed by atoms with E-state index in [4.69, 9.17) is 22.9 Å². The number of carbonyl (C=O) groups excluding carboxylic acids is 12. The molecule has 0 radical (unpaired) electrons. The second-order valence-electron chi connectivity index (χ2n) is 29.8. The number of amides is 12. The van der Waals surface area contributed by atoms with Crippen molar-refractivity contribution in [3.8, 4) is 0 Å². The van der Waals surface area contributed by atoms with Gasteiger partial charge in [0.25, 0.3) is 0 Å². The van der Waals surface area contributed by atoms with Crippen LogP contribution in [0, 0.1) is 0 Å². The van der Waals surface area contributed by atoms with Gasteiger partial charge in [0.05, 0.1) is 32.2 Å². The molecule has 0 unspecified atom stereocenters. The SMILES string of the molecule is CC(=O)N(CC(=O)N(CC(=O)N(CCCCN)CC(=O)N(CC(=O)N(CC(=O)N(CCCCN)CC(=O)N(CC(=O)N(CC(=O)N(CCCCN)CC(=O)N(CC(=O)N(CC(N)=O)Cc1ccccc1)[C@@H](C)c1ccccc1)Cc1ccccc1)Cc1ccccc1)Cc1ccccc1)Cc1ccccc1)Cc1ccccc1)Cc1ccccc1. The molecule has 8 aromatic carbocycles. The first-order chi connectivity index (χ1) is 58.1. The van der Waals surface area contributed by atoms with Gasteiger partial charge in [-0.3, -0.25) is 57.5 Å². The standard InChI is InChI=1S/C93H115N15O12/c1-73(82-47-25-10-26-48-82)108(72-92(119)102(62-83(97)110)56-76-35-13-4-14-36-76)93(120)71-100(54-32-29-51-96)86(113)68-105(59-79-41-19-7-20-42-79)91(118)70-107(61-81-45-23-9-24-46-81)88(115)64-99(53-31-28-50-95)85(112)67-104(58-78-39-17-6-18-40-78)90(117)69-106(60-80-43-21-8-22-44-80)87(114)63-98(52-30-27-49-94)84(111)66-103(57-77-37-15-5-16-38-77)89(116)65-101(74(2)109)55-75-33-11-3-12-34-75/h3-26,33-48,73H,27-32,49-72,94-96H2,1-2H3,(H2,97,110)/t73-/m0/s1. The van der Waals surface area contributed by atoms with Crippen molar-refractivity contribution in [1.82, 2.24) is 53.9 Å². The summed E-state index contributed by atoms with van der Waals surface area (Å²) in [6, 6.07) is 71.4. The van der Waals surface area contributed by atoms with Crippen molar-refractivity contribution in [3.63, 3.8) is 0 Å². The highest BCUT2D eigenvalue weighted by Gasteiger charge is 2.35. The van der Waals surface area contributed by atoms with Gasteiger partial charge in [-0.1, -0.05) is 243 Å². The summed E-state index contributed by atoms with van der Waals surface area (Å²) in [4.78, 5) is 192. The summed E-state index contributed by atoms with van der Waals surface area (Å²) in [6.07, 6.45) is 2.50. The largest absolute Gasteiger partial charge is 0.368 e. The summed E-state index contributed by atoms with van der Waals surface area (Å²) in [5, 5.41) is 0. The summed E-state index contributed by atoms with van der Waals surface area (Å²) >= 11 is 0. The Labute approximate surface area is 704 Å². The summed E-state index contributed by atoms with van der Waals surface area (Å²) < 4.78 is 0. The molecular weight excluding hydrogens is 1520 g/mol. The summed E-state index contributed by atoms with van der Waals surface area (Å²) in [6.45, 7) is -1.96. The van der Waals surface area contributed by atoms with Crippen LogP contribution in [0.4, 0.5) is 0 Å². The Bertz CT molecular complexity index is 4550. The fraction of sp³-hybridized carbons (Fsp3) is 0.355. The van der Waals surface area contributed by atoms with Crippen LogP contribution in [-0.2, 0) is 103 Å². The van der Waals surface area contributed by atoms with Crippen LogP contribution >= 0.6 is 0 Å². The van der Waals surface area contributed by atoms with Crippen LogP contribution in [0.1, 0.15) is 103 Å². The minimum Gasteiger partial charge on any atom is -0.368 e. The first-order valence-corrected chi connectivity index (χ1v) is 40.8. The van der Waals surface area contributed by atoms with E-state index in [2.05, 4.69) is 0 Å². The molecule has 0 aliphatic heterocycles. The molecule has 0 aliphatic carbocycles. The average molecular weight is 1640 g/mol. The van der Waals surface area contributed by atoms with Gasteiger partial charge in [-0.2, -0.15) is 0 Å². The normalized spacial score (nSPS) is 11.1. The van der Waals surface area contributed by atoms with Crippen molar-refractivity contribution in [1.29, 1.82) is 0 Å². The van der Waals surface area contributed by atoms with Gasteiger partial charge < -0.3 is 76.8 Å². The highest BCUT2D eigenvalue weighted by Crippen LogP contribution is 2.23. The van der Waals surface area contributed by atoms with E-state index in [0.717, 1.165) is 16.7 Å². The van der Waals surface area contributed by atoms with Gasteiger partial charge in [0.1, 0.15) is 45.8 Å². The molecule has 634 valence electrons. The molecule has 0 saturated heterocycles. The lowest BCUT2D eigenvalue weighted by atomic mass is 10.1. The van der Waals surface area contributed by atoms with Crippen LogP contribution in [0.3, 0.4) is 0 Å². The molecule has 8 N–H and O–H groups in total. The molecular formula is C93H115N15O12. The van der Waals surface area contributed by atoms with Crippen LogP contribution in [0.2, 0.25) is 0 Å². The van der Waals surface area contributed by atoms with E-state index in [1.807, 2.05) is 91.0 Å². The van der Waals surface area contributed by atoms with Crippen LogP contribution in [-0.4, -0.2) is 236 Å². The van der Waals surface area contributed by atoms with Crippen molar-refractivity contribution in [2.24, 2.45) is 22.9 Å². The molecule has 1 atom stereocenters. The van der Waals surface area contributed by atoms with Crippen molar-refractivity contribution in [2.45, 2.75) is 104 Å². The van der Waals surface area contributed by atoms with Gasteiger partial charge in [0.2, 0.25) is 70.9 Å². The van der Waals surface area contributed by atoms with Crippen molar-refractivity contribution in [3.05, 3.63) is 287 Å². The lowest BCUT2D eigenvalue weighted by Crippen LogP contribution is -2.52. The lowest BCUT2D eigenvalue weighted by Gasteiger charge is -2.34. The molecule has 0 aliphatic rings. The van der Waals surface area contributed by atoms with Gasteiger partial charge in [-0.15, -0.1) is 0 Å². The van der Waals surface area contributed by atoms with Crippen LogP contribution < -0.4 is 22.9 Å². The lowest BCUT2D eigenvalue weighted by molar-refractivity contribution is -0.150. The third-order valence-electron chi connectivity index (χ3n) is 20.4. The highest BCUT2D eigenvalue weighted by molar-refractivity contribution is 5.95. The van der Waals surface area contributed by atoms with Gasteiger partial charge >= 0.3 is 0 Å². The van der Waals surface area contributed by atoms with E-state index in [-0.39, 0.29) is 97.5 Å². The monoisotopic (exact) mass is 1630 g/mol. The number of unbranched alkanes of at least 4 members (excludes halogenated alkanes) is 3. The fourth-order valence-corrected chi connectivity index (χ4v) is 13.7. The number of nitrogens with zero attached hydrogens (tertiary/aromatic N) is 11. The summed E-state index contributed by atoms with van der Waals surface area (Å²) in [7, 11) is 0. The third kappa shape index (κ3) is 31.6. The maximum Gasteiger partial charge on any atom is 0.243 e. The molecule has 0 fully saturated rings. The molecule has 0 heterocycles. The quantitative estimate of drug-likeness (QED) is 0.0279. The van der Waals surface area contributed by atoms with Crippen molar-refractivity contribution >= 4 is 70.9 Å². The van der Waals surface area contributed by atoms with E-state index >= 15 is 33.6 Å². The first kappa shape index (κ1) is 92.8. The molecule has 27 heteroatoms. The number of benzene rings is 8.